The summed E-state index contributed by atoms with van der Waals surface area (Å²) in [7, 11) is 6.00. The van der Waals surface area contributed by atoms with Gasteiger partial charge in [0.2, 0.25) is 0 Å². The van der Waals surface area contributed by atoms with Gasteiger partial charge in [0, 0.05) is 13.6 Å². The van der Waals surface area contributed by atoms with E-state index in [4.69, 9.17) is 0 Å². The third-order valence-electron chi connectivity index (χ3n) is 4.15. The Morgan fingerprint density at radius 2 is 1.50 bits per heavy atom. The number of guanidine groups is 1. The summed E-state index contributed by atoms with van der Waals surface area (Å²) >= 11 is 0. The first kappa shape index (κ1) is 18.0. The lowest BCUT2D eigenvalue weighted by molar-refractivity contribution is 0.298. The summed E-state index contributed by atoms with van der Waals surface area (Å²) in [6.07, 6.45) is 0. The van der Waals surface area contributed by atoms with Crippen LogP contribution in [0.1, 0.15) is 30.1 Å². The number of nitrogens with one attached hydrogen (secondary N) is 2. The molecule has 0 fully saturated rings. The first-order valence-electron chi connectivity index (χ1n) is 8.35. The largest absolute Gasteiger partial charge is 0.354 e. The third-order valence-corrected chi connectivity index (χ3v) is 4.15. The van der Waals surface area contributed by atoms with Crippen LogP contribution in [0.4, 0.5) is 0 Å². The number of rotatable bonds is 6. The van der Waals surface area contributed by atoms with Crippen LogP contribution in [0.5, 0.6) is 0 Å². The SMILES string of the molecule is CN=C(NCC(c1ccccc1)N(C)C)NC(C)c1ccccc1. The van der Waals surface area contributed by atoms with Crippen molar-refractivity contribution in [2.75, 3.05) is 27.7 Å². The highest BCUT2D eigenvalue weighted by atomic mass is 15.2. The van der Waals surface area contributed by atoms with E-state index in [0.717, 1.165) is 12.5 Å². The van der Waals surface area contributed by atoms with Crippen LogP contribution in [0.2, 0.25) is 0 Å². The second-order valence-electron chi connectivity index (χ2n) is 6.12. The van der Waals surface area contributed by atoms with Crippen LogP contribution < -0.4 is 10.6 Å². The van der Waals surface area contributed by atoms with Gasteiger partial charge in [-0.05, 0) is 32.1 Å². The quantitative estimate of drug-likeness (QED) is 0.633. The number of hydrogen-bond acceptors (Lipinski definition) is 2. The second kappa shape index (κ2) is 9.08. The van der Waals surface area contributed by atoms with Crippen molar-refractivity contribution >= 4 is 5.96 Å². The molecule has 0 aromatic heterocycles. The Morgan fingerprint density at radius 3 is 2.00 bits per heavy atom. The van der Waals surface area contributed by atoms with Gasteiger partial charge in [-0.15, -0.1) is 0 Å². The average Bonchev–Trinajstić information content (AvgIpc) is 2.62. The molecule has 24 heavy (non-hydrogen) atoms. The molecule has 0 aliphatic carbocycles. The van der Waals surface area contributed by atoms with E-state index in [1.165, 1.54) is 11.1 Å². The van der Waals surface area contributed by atoms with Crippen LogP contribution in [0, 0.1) is 0 Å². The van der Waals surface area contributed by atoms with Crippen LogP contribution in [0.25, 0.3) is 0 Å². The van der Waals surface area contributed by atoms with Gasteiger partial charge in [-0.1, -0.05) is 60.7 Å². The zero-order valence-electron chi connectivity index (χ0n) is 15.0. The smallest absolute Gasteiger partial charge is 0.191 e. The Balaban J connectivity index is 1.97. The third kappa shape index (κ3) is 5.10. The van der Waals surface area contributed by atoms with Gasteiger partial charge in [0.15, 0.2) is 5.96 Å². The van der Waals surface area contributed by atoms with E-state index in [0.29, 0.717) is 0 Å². The minimum Gasteiger partial charge on any atom is -0.354 e. The summed E-state index contributed by atoms with van der Waals surface area (Å²) in [6, 6.07) is 21.4. The van der Waals surface area contributed by atoms with Gasteiger partial charge in [-0.25, -0.2) is 0 Å². The van der Waals surface area contributed by atoms with Gasteiger partial charge in [-0.3, -0.25) is 4.99 Å². The summed E-state index contributed by atoms with van der Waals surface area (Å²) in [6.45, 7) is 2.93. The van der Waals surface area contributed by atoms with Gasteiger partial charge in [0.05, 0.1) is 12.1 Å². The number of hydrogen-bond donors (Lipinski definition) is 2. The maximum absolute atomic E-state index is 4.35. The van der Waals surface area contributed by atoms with Crippen LogP contribution in [0.15, 0.2) is 65.7 Å². The van der Waals surface area contributed by atoms with Crippen molar-refractivity contribution in [3.05, 3.63) is 71.8 Å². The topological polar surface area (TPSA) is 39.7 Å². The standard InChI is InChI=1S/C20H28N4/c1-16(17-11-7-5-8-12-17)23-20(21-2)22-15-19(24(3)4)18-13-9-6-10-14-18/h5-14,16,19H,15H2,1-4H3,(H2,21,22,23). The van der Waals surface area contributed by atoms with Gasteiger partial charge >= 0.3 is 0 Å². The van der Waals surface area contributed by atoms with Crippen molar-refractivity contribution in [3.8, 4) is 0 Å². The second-order valence-corrected chi connectivity index (χ2v) is 6.12. The zero-order valence-corrected chi connectivity index (χ0v) is 15.0. The van der Waals surface area contributed by atoms with Crippen LogP contribution in [0.3, 0.4) is 0 Å². The Hall–Kier alpha value is -2.33. The number of likely N-dealkylation sites (N-methyl/N-ethyl adjacent to an activating group) is 1. The predicted molar refractivity (Wildman–Crippen MR) is 102 cm³/mol. The molecule has 4 nitrogen and oxygen atoms in total. The first-order valence-corrected chi connectivity index (χ1v) is 8.35. The van der Waals surface area contributed by atoms with Crippen molar-refractivity contribution < 1.29 is 0 Å². The van der Waals surface area contributed by atoms with Gasteiger partial charge in [0.25, 0.3) is 0 Å². The summed E-state index contributed by atoms with van der Waals surface area (Å²) in [5.41, 5.74) is 2.54. The molecule has 0 saturated carbocycles. The maximum atomic E-state index is 4.35. The van der Waals surface area contributed by atoms with Crippen molar-refractivity contribution in [2.24, 2.45) is 4.99 Å². The first-order chi connectivity index (χ1) is 11.6. The molecular formula is C20H28N4. The minimum absolute atomic E-state index is 0.201. The Bertz CT molecular complexity index is 623. The van der Waals surface area contributed by atoms with E-state index in [-0.39, 0.29) is 12.1 Å². The summed E-state index contributed by atoms with van der Waals surface area (Å²) in [5.74, 6) is 0.814. The average molecular weight is 324 g/mol. The predicted octanol–water partition coefficient (Wildman–Crippen LogP) is 3.22. The van der Waals surface area contributed by atoms with Gasteiger partial charge in [-0.2, -0.15) is 0 Å². The van der Waals surface area contributed by atoms with Crippen molar-refractivity contribution in [1.82, 2.24) is 15.5 Å². The summed E-state index contributed by atoms with van der Waals surface area (Å²) in [5, 5.41) is 6.90. The molecule has 0 aliphatic rings. The lowest BCUT2D eigenvalue weighted by Crippen LogP contribution is -2.42. The lowest BCUT2D eigenvalue weighted by atomic mass is 10.1. The van der Waals surface area contributed by atoms with E-state index in [2.05, 4.69) is 90.1 Å². The van der Waals surface area contributed by atoms with E-state index < -0.39 is 0 Å². The van der Waals surface area contributed by atoms with Crippen molar-refractivity contribution in [3.63, 3.8) is 0 Å². The molecule has 2 aromatic rings. The van der Waals surface area contributed by atoms with Crippen LogP contribution in [-0.2, 0) is 0 Å². The zero-order chi connectivity index (χ0) is 17.4. The van der Waals surface area contributed by atoms with Gasteiger partial charge in [0.1, 0.15) is 0 Å². The molecule has 0 bridgehead atoms. The normalized spacial score (nSPS) is 14.3. The highest BCUT2D eigenvalue weighted by Crippen LogP contribution is 2.17. The molecule has 0 radical (unpaired) electrons. The molecular weight excluding hydrogens is 296 g/mol. The number of benzene rings is 2. The summed E-state index contributed by atoms with van der Waals surface area (Å²) in [4.78, 5) is 6.57. The number of aliphatic imine (C=N–C) groups is 1. The van der Waals surface area contributed by atoms with E-state index in [1.807, 2.05) is 12.1 Å². The summed E-state index contributed by atoms with van der Waals surface area (Å²) < 4.78 is 0. The van der Waals surface area contributed by atoms with Crippen LogP contribution >= 0.6 is 0 Å². The molecule has 2 atom stereocenters. The van der Waals surface area contributed by atoms with Crippen molar-refractivity contribution in [1.29, 1.82) is 0 Å². The molecule has 0 heterocycles. The molecule has 128 valence electrons. The molecule has 0 saturated heterocycles. The molecule has 2 rings (SSSR count). The minimum atomic E-state index is 0.201. The number of nitrogens with zero attached hydrogens (tertiary/aromatic N) is 2. The van der Waals surface area contributed by atoms with E-state index in [9.17, 15) is 0 Å². The molecule has 4 heteroatoms. The Morgan fingerprint density at radius 1 is 0.958 bits per heavy atom. The molecule has 2 aromatic carbocycles. The van der Waals surface area contributed by atoms with E-state index >= 15 is 0 Å². The molecule has 0 aliphatic heterocycles. The highest BCUT2D eigenvalue weighted by molar-refractivity contribution is 5.80. The fraction of sp³-hybridized carbons (Fsp3) is 0.350. The van der Waals surface area contributed by atoms with Crippen molar-refractivity contribution in [2.45, 2.75) is 19.0 Å². The van der Waals surface area contributed by atoms with Crippen LogP contribution in [-0.4, -0.2) is 38.5 Å². The fourth-order valence-electron chi connectivity index (χ4n) is 2.69. The maximum Gasteiger partial charge on any atom is 0.191 e. The van der Waals surface area contributed by atoms with E-state index in [1.54, 1.807) is 7.05 Å². The Labute approximate surface area is 145 Å². The highest BCUT2D eigenvalue weighted by Gasteiger charge is 2.15. The monoisotopic (exact) mass is 324 g/mol. The molecule has 0 spiro atoms. The Kier molecular flexibility index (Phi) is 6.82. The van der Waals surface area contributed by atoms with Gasteiger partial charge < -0.3 is 15.5 Å². The molecule has 2 unspecified atom stereocenters. The molecule has 0 amide bonds. The molecule has 2 N–H and O–H groups in total. The lowest BCUT2D eigenvalue weighted by Gasteiger charge is -2.27. The fourth-order valence-corrected chi connectivity index (χ4v) is 2.69.